The Kier molecular flexibility index (Phi) is 3.30. The first-order chi connectivity index (χ1) is 8.78. The minimum Gasteiger partial charge on any atom is -0.312 e. The lowest BCUT2D eigenvalue weighted by atomic mass is 9.91. The topological polar surface area (TPSA) is 63.5 Å². The molecule has 1 aromatic rings. The third kappa shape index (κ3) is 2.92. The lowest BCUT2D eigenvalue weighted by Gasteiger charge is -2.23. The first kappa shape index (κ1) is 13.5. The molecule has 0 atom stereocenters. The van der Waals surface area contributed by atoms with Crippen LogP contribution in [-0.2, 0) is 11.2 Å². The molecule has 1 heterocycles. The summed E-state index contributed by atoms with van der Waals surface area (Å²) in [5.41, 5.74) is 1.66. The first-order valence-electron chi connectivity index (χ1n) is 6.36. The van der Waals surface area contributed by atoms with Crippen molar-refractivity contribution in [1.29, 1.82) is 0 Å². The average Bonchev–Trinajstić information content (AvgIpc) is 2.68. The van der Waals surface area contributed by atoms with E-state index in [1.165, 1.54) is 12.1 Å². The van der Waals surface area contributed by atoms with Crippen molar-refractivity contribution in [3.05, 3.63) is 33.9 Å². The van der Waals surface area contributed by atoms with Gasteiger partial charge < -0.3 is 4.90 Å². The quantitative estimate of drug-likeness (QED) is 0.608. The van der Waals surface area contributed by atoms with E-state index in [0.717, 1.165) is 12.0 Å². The molecule has 1 amide bonds. The van der Waals surface area contributed by atoms with E-state index in [0.29, 0.717) is 18.7 Å². The summed E-state index contributed by atoms with van der Waals surface area (Å²) < 4.78 is 0. The largest absolute Gasteiger partial charge is 0.312 e. The highest BCUT2D eigenvalue weighted by atomic mass is 16.6. The number of carbonyl (C=O) groups is 1. The fraction of sp³-hybridized carbons (Fsp3) is 0.500. The molecule has 102 valence electrons. The summed E-state index contributed by atoms with van der Waals surface area (Å²) in [7, 11) is 0. The van der Waals surface area contributed by atoms with Crippen LogP contribution < -0.4 is 4.90 Å². The number of anilines is 1. The normalized spacial score (nSPS) is 14.4. The number of fused-ring (bicyclic) bond motifs is 1. The fourth-order valence-electron chi connectivity index (χ4n) is 2.29. The Bertz CT molecular complexity index is 532. The van der Waals surface area contributed by atoms with E-state index in [-0.39, 0.29) is 17.0 Å². The maximum Gasteiger partial charge on any atom is 0.271 e. The van der Waals surface area contributed by atoms with Gasteiger partial charge in [0.1, 0.15) is 0 Å². The third-order valence-electron chi connectivity index (χ3n) is 3.16. The second-order valence-electron chi connectivity index (χ2n) is 6.10. The molecule has 19 heavy (non-hydrogen) atoms. The van der Waals surface area contributed by atoms with Crippen molar-refractivity contribution in [2.75, 3.05) is 11.4 Å². The van der Waals surface area contributed by atoms with Crippen LogP contribution in [0.3, 0.4) is 0 Å². The molecule has 1 aliphatic heterocycles. The first-order valence-corrected chi connectivity index (χ1v) is 6.36. The van der Waals surface area contributed by atoms with E-state index in [1.54, 1.807) is 11.0 Å². The van der Waals surface area contributed by atoms with Gasteiger partial charge in [0.05, 0.1) is 10.6 Å². The molecule has 1 aliphatic rings. The van der Waals surface area contributed by atoms with Gasteiger partial charge in [-0.2, -0.15) is 0 Å². The molecule has 0 unspecified atom stereocenters. The van der Waals surface area contributed by atoms with Crippen LogP contribution in [0.2, 0.25) is 0 Å². The predicted molar refractivity (Wildman–Crippen MR) is 73.2 cm³/mol. The highest BCUT2D eigenvalue weighted by Gasteiger charge is 2.28. The van der Waals surface area contributed by atoms with E-state index in [9.17, 15) is 14.9 Å². The maximum atomic E-state index is 12.3. The van der Waals surface area contributed by atoms with Crippen molar-refractivity contribution < 1.29 is 9.72 Å². The molecule has 0 radical (unpaired) electrons. The lowest BCUT2D eigenvalue weighted by molar-refractivity contribution is -0.384. The van der Waals surface area contributed by atoms with Gasteiger partial charge in [0.2, 0.25) is 5.91 Å². The zero-order valence-electron chi connectivity index (χ0n) is 11.5. The van der Waals surface area contributed by atoms with E-state index in [4.69, 9.17) is 0 Å². The molecule has 0 saturated carbocycles. The van der Waals surface area contributed by atoms with Crippen molar-refractivity contribution in [1.82, 2.24) is 0 Å². The number of amides is 1. The van der Waals surface area contributed by atoms with Crippen LogP contribution in [0.15, 0.2) is 18.2 Å². The fourth-order valence-corrected chi connectivity index (χ4v) is 2.29. The van der Waals surface area contributed by atoms with Crippen LogP contribution in [0.5, 0.6) is 0 Å². The molecule has 1 aromatic carbocycles. The van der Waals surface area contributed by atoms with Gasteiger partial charge in [-0.1, -0.05) is 26.8 Å². The van der Waals surface area contributed by atoms with Crippen LogP contribution in [-0.4, -0.2) is 17.4 Å². The van der Waals surface area contributed by atoms with Crippen molar-refractivity contribution in [2.24, 2.45) is 5.41 Å². The number of hydrogen-bond acceptors (Lipinski definition) is 3. The summed E-state index contributed by atoms with van der Waals surface area (Å²) in [4.78, 5) is 24.3. The van der Waals surface area contributed by atoms with Crippen molar-refractivity contribution in [3.8, 4) is 0 Å². The average molecular weight is 262 g/mol. The minimum atomic E-state index is -0.426. The minimum absolute atomic E-state index is 0.0340. The van der Waals surface area contributed by atoms with Crippen molar-refractivity contribution >= 4 is 17.3 Å². The summed E-state index contributed by atoms with van der Waals surface area (Å²) >= 11 is 0. The van der Waals surface area contributed by atoms with E-state index < -0.39 is 4.92 Å². The molecule has 0 saturated heterocycles. The van der Waals surface area contributed by atoms with Crippen LogP contribution >= 0.6 is 0 Å². The van der Waals surface area contributed by atoms with Gasteiger partial charge in [-0.3, -0.25) is 14.9 Å². The number of nitro groups is 1. The van der Waals surface area contributed by atoms with Gasteiger partial charge in [0.15, 0.2) is 0 Å². The molecule has 0 N–H and O–H groups in total. The van der Waals surface area contributed by atoms with E-state index in [1.807, 2.05) is 20.8 Å². The Balaban J connectivity index is 2.28. The Hall–Kier alpha value is -1.91. The molecule has 0 aromatic heterocycles. The monoisotopic (exact) mass is 262 g/mol. The smallest absolute Gasteiger partial charge is 0.271 e. The van der Waals surface area contributed by atoms with Gasteiger partial charge in [0.25, 0.3) is 5.69 Å². The molecule has 0 aliphatic carbocycles. The summed E-state index contributed by atoms with van der Waals surface area (Å²) in [5.74, 6) is 0.0340. The SMILES string of the molecule is CC(C)(C)CC(=O)N1CCc2ccc([N+](=O)[O-])cc21. The van der Waals surface area contributed by atoms with Crippen molar-refractivity contribution in [3.63, 3.8) is 0 Å². The van der Waals surface area contributed by atoms with Crippen LogP contribution in [0.1, 0.15) is 32.8 Å². The van der Waals surface area contributed by atoms with E-state index >= 15 is 0 Å². The highest BCUT2D eigenvalue weighted by molar-refractivity contribution is 5.96. The summed E-state index contributed by atoms with van der Waals surface area (Å²) in [6.45, 7) is 6.64. The number of non-ortho nitro benzene ring substituents is 1. The predicted octanol–water partition coefficient (Wildman–Crippen LogP) is 2.92. The maximum absolute atomic E-state index is 12.3. The molecular weight excluding hydrogens is 244 g/mol. The zero-order chi connectivity index (χ0) is 14.2. The molecule has 5 heteroatoms. The second-order valence-corrected chi connectivity index (χ2v) is 6.10. The van der Waals surface area contributed by atoms with Gasteiger partial charge in [-0.05, 0) is 17.4 Å². The summed E-state index contributed by atoms with van der Waals surface area (Å²) in [6.07, 6.45) is 1.21. The van der Waals surface area contributed by atoms with Crippen LogP contribution in [0.4, 0.5) is 11.4 Å². The molecule has 0 spiro atoms. The summed E-state index contributed by atoms with van der Waals surface area (Å²) in [5, 5.41) is 10.8. The molecular formula is C14H18N2O3. The number of nitrogens with zero attached hydrogens (tertiary/aromatic N) is 2. The number of rotatable bonds is 2. The highest BCUT2D eigenvalue weighted by Crippen LogP contribution is 2.33. The molecule has 2 rings (SSSR count). The van der Waals surface area contributed by atoms with Gasteiger partial charge in [-0.15, -0.1) is 0 Å². The number of carbonyl (C=O) groups excluding carboxylic acids is 1. The van der Waals surface area contributed by atoms with Gasteiger partial charge >= 0.3 is 0 Å². The van der Waals surface area contributed by atoms with Gasteiger partial charge in [-0.25, -0.2) is 0 Å². The number of hydrogen-bond donors (Lipinski definition) is 0. The molecule has 0 bridgehead atoms. The Labute approximate surface area is 112 Å². The van der Waals surface area contributed by atoms with Crippen LogP contribution in [0, 0.1) is 15.5 Å². The second kappa shape index (κ2) is 4.64. The Morgan fingerprint density at radius 3 is 2.68 bits per heavy atom. The molecule has 0 fully saturated rings. The summed E-state index contributed by atoms with van der Waals surface area (Å²) in [6, 6.07) is 4.75. The number of nitro benzene ring substituents is 1. The van der Waals surface area contributed by atoms with Crippen molar-refractivity contribution in [2.45, 2.75) is 33.6 Å². The van der Waals surface area contributed by atoms with Crippen LogP contribution in [0.25, 0.3) is 0 Å². The third-order valence-corrected chi connectivity index (χ3v) is 3.16. The lowest BCUT2D eigenvalue weighted by Crippen LogP contribution is -2.32. The zero-order valence-corrected chi connectivity index (χ0v) is 11.5. The standard InChI is InChI=1S/C14H18N2O3/c1-14(2,3)9-13(17)15-7-6-10-4-5-11(16(18)19)8-12(10)15/h4-5,8H,6-7,9H2,1-3H3. The Morgan fingerprint density at radius 1 is 1.42 bits per heavy atom. The van der Waals surface area contributed by atoms with Gasteiger partial charge in [0, 0.05) is 25.1 Å². The molecule has 5 nitrogen and oxygen atoms in total. The Morgan fingerprint density at radius 2 is 2.11 bits per heavy atom. The van der Waals surface area contributed by atoms with E-state index in [2.05, 4.69) is 0 Å². The number of benzene rings is 1.